The topological polar surface area (TPSA) is 108 Å². The van der Waals surface area contributed by atoms with Gasteiger partial charge in [0.25, 0.3) is 5.91 Å². The number of nitrogens with one attached hydrogen (secondary N) is 3. The lowest BCUT2D eigenvalue weighted by atomic mass is 9.82. The van der Waals surface area contributed by atoms with Gasteiger partial charge in [-0.2, -0.15) is 0 Å². The normalized spacial score (nSPS) is 14.6. The number of piperidine rings is 1. The van der Waals surface area contributed by atoms with E-state index in [1.165, 1.54) is 11.3 Å². The van der Waals surface area contributed by atoms with E-state index in [1.807, 2.05) is 35.7 Å². The number of likely N-dealkylation sites (tertiary alicyclic amines) is 1. The third-order valence-electron chi connectivity index (χ3n) is 7.15. The molecule has 9 nitrogen and oxygen atoms in total. The molecule has 3 heterocycles. The van der Waals surface area contributed by atoms with Crippen LogP contribution in [0.3, 0.4) is 0 Å². The first-order valence-electron chi connectivity index (χ1n) is 13.4. The highest BCUT2D eigenvalue weighted by Crippen LogP contribution is 2.34. The summed E-state index contributed by atoms with van der Waals surface area (Å²) < 4.78 is 5.25. The molecule has 0 saturated carbocycles. The van der Waals surface area contributed by atoms with Crippen LogP contribution in [0.25, 0.3) is 0 Å². The average Bonchev–Trinajstić information content (AvgIpc) is 3.43. The fourth-order valence-corrected chi connectivity index (χ4v) is 5.51. The van der Waals surface area contributed by atoms with E-state index in [1.54, 1.807) is 19.4 Å². The molecule has 39 heavy (non-hydrogen) atoms. The van der Waals surface area contributed by atoms with Gasteiger partial charge in [0.05, 0.1) is 12.8 Å². The van der Waals surface area contributed by atoms with E-state index in [0.29, 0.717) is 10.8 Å². The lowest BCUT2D eigenvalue weighted by molar-refractivity contribution is 0.0906. The summed E-state index contributed by atoms with van der Waals surface area (Å²) in [5, 5.41) is 11.2. The predicted molar refractivity (Wildman–Crippen MR) is 155 cm³/mol. The highest BCUT2D eigenvalue weighted by Gasteiger charge is 2.26. The molecule has 4 rings (SSSR count). The summed E-state index contributed by atoms with van der Waals surface area (Å²) >= 11 is 1.38. The molecule has 0 spiro atoms. The summed E-state index contributed by atoms with van der Waals surface area (Å²) in [7, 11) is 1.65. The molecule has 10 heteroatoms. The number of urea groups is 1. The minimum absolute atomic E-state index is 0.154. The van der Waals surface area contributed by atoms with Gasteiger partial charge in [0, 0.05) is 42.7 Å². The monoisotopic (exact) mass is 550 g/mol. The number of anilines is 1. The standard InChI is InChI=1S/C29H38N6O3S/c1-5-14-35-15-12-22(13-16-35)32-26(36)24-11-6-20(17-30-24)18-31-27(37)34-28-33-25(19-39-28)29(2,3)21-7-9-23(38-4)10-8-21/h6-11,17,19,22H,5,12-16,18H2,1-4H3,(H,32,36)(H2,31,33,34,37). The van der Waals surface area contributed by atoms with E-state index in [-0.39, 0.29) is 29.9 Å². The molecule has 1 saturated heterocycles. The molecule has 1 aromatic carbocycles. The van der Waals surface area contributed by atoms with Crippen molar-refractivity contribution in [3.63, 3.8) is 0 Å². The molecule has 1 fully saturated rings. The second-order valence-corrected chi connectivity index (χ2v) is 11.2. The third-order valence-corrected chi connectivity index (χ3v) is 7.91. The summed E-state index contributed by atoms with van der Waals surface area (Å²) in [6.07, 6.45) is 4.70. The molecule has 0 unspecified atom stereocenters. The summed E-state index contributed by atoms with van der Waals surface area (Å²) in [4.78, 5) is 36.5. The first kappa shape index (κ1) is 28.5. The van der Waals surface area contributed by atoms with Crippen LogP contribution in [0.15, 0.2) is 48.0 Å². The number of carbonyl (C=O) groups is 2. The molecule has 2 aromatic heterocycles. The summed E-state index contributed by atoms with van der Waals surface area (Å²) in [6.45, 7) is 9.81. The Hall–Kier alpha value is -3.50. The van der Waals surface area contributed by atoms with E-state index in [9.17, 15) is 9.59 Å². The van der Waals surface area contributed by atoms with Crippen LogP contribution < -0.4 is 20.7 Å². The number of benzene rings is 1. The van der Waals surface area contributed by atoms with Crippen LogP contribution in [-0.4, -0.2) is 59.6 Å². The largest absolute Gasteiger partial charge is 0.497 e. The Morgan fingerprint density at radius 3 is 2.51 bits per heavy atom. The van der Waals surface area contributed by atoms with E-state index >= 15 is 0 Å². The van der Waals surface area contributed by atoms with Gasteiger partial charge in [-0.1, -0.05) is 39.0 Å². The first-order chi connectivity index (χ1) is 18.8. The number of hydrogen-bond acceptors (Lipinski definition) is 7. The van der Waals surface area contributed by atoms with E-state index in [0.717, 1.165) is 61.5 Å². The van der Waals surface area contributed by atoms with Crippen LogP contribution in [0.2, 0.25) is 0 Å². The maximum atomic E-state index is 12.6. The second kappa shape index (κ2) is 13.0. The van der Waals surface area contributed by atoms with Gasteiger partial charge in [-0.15, -0.1) is 11.3 Å². The number of thiazole rings is 1. The van der Waals surface area contributed by atoms with Gasteiger partial charge >= 0.3 is 6.03 Å². The minimum atomic E-state index is -0.352. The molecule has 208 valence electrons. The number of ether oxygens (including phenoxy) is 1. The van der Waals surface area contributed by atoms with Gasteiger partial charge < -0.3 is 20.3 Å². The van der Waals surface area contributed by atoms with Gasteiger partial charge in [-0.05, 0) is 55.1 Å². The van der Waals surface area contributed by atoms with Crippen LogP contribution in [0.1, 0.15) is 67.3 Å². The molecule has 0 aliphatic carbocycles. The SMILES string of the molecule is CCCN1CCC(NC(=O)c2ccc(CNC(=O)Nc3nc(C(C)(C)c4ccc(OC)cc4)cs3)cn2)CC1. The predicted octanol–water partition coefficient (Wildman–Crippen LogP) is 4.80. The fraction of sp³-hybridized carbons (Fsp3) is 0.448. The molecule has 1 aliphatic rings. The van der Waals surface area contributed by atoms with Crippen LogP contribution in [0.5, 0.6) is 5.75 Å². The average molecular weight is 551 g/mol. The van der Waals surface area contributed by atoms with Gasteiger partial charge in [0.1, 0.15) is 11.4 Å². The first-order valence-corrected chi connectivity index (χ1v) is 14.3. The Bertz CT molecular complexity index is 1230. The number of pyridine rings is 1. The van der Waals surface area contributed by atoms with Crippen molar-refractivity contribution in [2.45, 2.75) is 58.0 Å². The highest BCUT2D eigenvalue weighted by molar-refractivity contribution is 7.13. The molecular weight excluding hydrogens is 512 g/mol. The molecular formula is C29H38N6O3S. The molecule has 1 aliphatic heterocycles. The quantitative estimate of drug-likeness (QED) is 0.335. The Balaban J connectivity index is 1.24. The van der Waals surface area contributed by atoms with Crippen LogP contribution in [0, 0.1) is 0 Å². The van der Waals surface area contributed by atoms with Gasteiger partial charge in [0.2, 0.25) is 0 Å². The number of rotatable bonds is 10. The fourth-order valence-electron chi connectivity index (χ4n) is 4.64. The van der Waals surface area contributed by atoms with E-state index < -0.39 is 0 Å². The van der Waals surface area contributed by atoms with Crippen molar-refractivity contribution in [3.8, 4) is 5.75 Å². The van der Waals surface area contributed by atoms with Crippen molar-refractivity contribution in [1.82, 2.24) is 25.5 Å². The zero-order chi connectivity index (χ0) is 27.8. The number of hydrogen-bond donors (Lipinski definition) is 3. The number of nitrogens with zero attached hydrogens (tertiary/aromatic N) is 3. The smallest absolute Gasteiger partial charge is 0.321 e. The Kier molecular flexibility index (Phi) is 9.53. The molecule has 0 radical (unpaired) electrons. The lowest BCUT2D eigenvalue weighted by Gasteiger charge is -2.32. The number of methoxy groups -OCH3 is 1. The Morgan fingerprint density at radius 1 is 1.13 bits per heavy atom. The van der Waals surface area contributed by atoms with Crippen LogP contribution >= 0.6 is 11.3 Å². The zero-order valence-electron chi connectivity index (χ0n) is 23.1. The lowest BCUT2D eigenvalue weighted by Crippen LogP contribution is -2.44. The van der Waals surface area contributed by atoms with E-state index in [2.05, 4.69) is 51.6 Å². The highest BCUT2D eigenvalue weighted by atomic mass is 32.1. The second-order valence-electron chi connectivity index (χ2n) is 10.3. The number of aromatic nitrogens is 2. The molecule has 3 aromatic rings. The van der Waals surface area contributed by atoms with Gasteiger partial charge in [-0.3, -0.25) is 15.1 Å². The van der Waals surface area contributed by atoms with Crippen molar-refractivity contribution >= 4 is 28.4 Å². The van der Waals surface area contributed by atoms with Gasteiger partial charge in [-0.25, -0.2) is 9.78 Å². The van der Waals surface area contributed by atoms with Crippen LogP contribution in [-0.2, 0) is 12.0 Å². The molecule has 0 bridgehead atoms. The van der Waals surface area contributed by atoms with Crippen molar-refractivity contribution in [2.24, 2.45) is 0 Å². The number of carbonyl (C=O) groups excluding carboxylic acids is 2. The van der Waals surface area contributed by atoms with Crippen molar-refractivity contribution in [1.29, 1.82) is 0 Å². The maximum absolute atomic E-state index is 12.6. The zero-order valence-corrected chi connectivity index (χ0v) is 23.9. The summed E-state index contributed by atoms with van der Waals surface area (Å²) in [5.74, 6) is 0.650. The maximum Gasteiger partial charge on any atom is 0.321 e. The van der Waals surface area contributed by atoms with Crippen molar-refractivity contribution in [2.75, 3.05) is 32.1 Å². The van der Waals surface area contributed by atoms with Gasteiger partial charge in [0.15, 0.2) is 5.13 Å². The Labute approximate surface area is 234 Å². The summed E-state index contributed by atoms with van der Waals surface area (Å²) in [6, 6.07) is 11.3. The summed E-state index contributed by atoms with van der Waals surface area (Å²) in [5.41, 5.74) is 2.83. The van der Waals surface area contributed by atoms with Crippen molar-refractivity contribution < 1.29 is 14.3 Å². The molecule has 0 atom stereocenters. The third kappa shape index (κ3) is 7.54. The molecule has 3 N–H and O–H groups in total. The number of amides is 3. The minimum Gasteiger partial charge on any atom is -0.497 e. The van der Waals surface area contributed by atoms with E-state index in [4.69, 9.17) is 4.74 Å². The molecule has 3 amide bonds. The van der Waals surface area contributed by atoms with Crippen molar-refractivity contribution in [3.05, 3.63) is 70.5 Å². The van der Waals surface area contributed by atoms with Crippen LogP contribution in [0.4, 0.5) is 9.93 Å². The Morgan fingerprint density at radius 2 is 1.87 bits per heavy atom.